The minimum absolute atomic E-state index is 0.0666. The predicted octanol–water partition coefficient (Wildman–Crippen LogP) is 3.95. The number of fused-ring (bicyclic) bond motifs is 1. The number of aryl methyl sites for hydroxylation is 1. The van der Waals surface area contributed by atoms with Gasteiger partial charge in [0.25, 0.3) is 11.8 Å². The quantitative estimate of drug-likeness (QED) is 0.430. The van der Waals surface area contributed by atoms with Gasteiger partial charge in [-0.3, -0.25) is 9.48 Å². The van der Waals surface area contributed by atoms with Crippen LogP contribution in [-0.4, -0.2) is 43.1 Å². The Morgan fingerprint density at radius 3 is 2.66 bits per heavy atom. The lowest BCUT2D eigenvalue weighted by Crippen LogP contribution is -2.37. The number of thioether (sulfide) groups is 1. The van der Waals surface area contributed by atoms with Crippen molar-refractivity contribution in [1.82, 2.24) is 24.9 Å². The molecule has 1 aliphatic rings. The van der Waals surface area contributed by atoms with Crippen molar-refractivity contribution in [3.05, 3.63) is 71.7 Å². The molecule has 5 rings (SSSR count). The van der Waals surface area contributed by atoms with Crippen LogP contribution in [0.15, 0.2) is 63.9 Å². The van der Waals surface area contributed by atoms with E-state index < -0.39 is 5.82 Å². The fraction of sp³-hybridized carbons (Fsp3) is 0.217. The summed E-state index contributed by atoms with van der Waals surface area (Å²) in [6.07, 6.45) is 0.689. The third-order valence-electron chi connectivity index (χ3n) is 5.43. The molecule has 162 valence electrons. The average molecular weight is 450 g/mol. The maximum Gasteiger partial charge on any atom is 0.268 e. The van der Waals surface area contributed by atoms with Crippen LogP contribution in [0.3, 0.4) is 0 Å². The SMILES string of the molecule is Cn1nc(-c2nnc(-c3ccccc3F)o2)c2c1CCN(C(=O)CSc1ccccc1)C2. The van der Waals surface area contributed by atoms with Crippen molar-refractivity contribution >= 4 is 17.7 Å². The number of aromatic nitrogens is 4. The number of carbonyl (C=O) groups is 1. The second-order valence-electron chi connectivity index (χ2n) is 7.46. The number of nitrogens with zero attached hydrogens (tertiary/aromatic N) is 5. The monoisotopic (exact) mass is 449 g/mol. The predicted molar refractivity (Wildman–Crippen MR) is 118 cm³/mol. The van der Waals surface area contributed by atoms with Gasteiger partial charge in [-0.1, -0.05) is 30.3 Å². The molecular formula is C23H20FN5O2S. The molecule has 0 N–H and O–H groups in total. The Labute approximate surface area is 188 Å². The van der Waals surface area contributed by atoms with Crippen LogP contribution >= 0.6 is 11.8 Å². The van der Waals surface area contributed by atoms with E-state index in [1.807, 2.05) is 42.3 Å². The number of halogens is 1. The fourth-order valence-corrected chi connectivity index (χ4v) is 4.61. The third-order valence-corrected chi connectivity index (χ3v) is 6.43. The molecule has 4 aromatic rings. The summed E-state index contributed by atoms with van der Waals surface area (Å²) in [6.45, 7) is 1.05. The van der Waals surface area contributed by atoms with Gasteiger partial charge in [0.15, 0.2) is 5.69 Å². The van der Waals surface area contributed by atoms with Gasteiger partial charge in [0.2, 0.25) is 5.91 Å². The highest BCUT2D eigenvalue weighted by atomic mass is 32.2. The molecule has 1 amide bonds. The lowest BCUT2D eigenvalue weighted by Gasteiger charge is -2.27. The topological polar surface area (TPSA) is 77.1 Å². The summed E-state index contributed by atoms with van der Waals surface area (Å²) in [6, 6.07) is 16.1. The van der Waals surface area contributed by atoms with Gasteiger partial charge in [-0.2, -0.15) is 5.10 Å². The van der Waals surface area contributed by atoms with Crippen molar-refractivity contribution < 1.29 is 13.6 Å². The number of hydrogen-bond acceptors (Lipinski definition) is 6. The first kappa shape index (κ1) is 20.4. The Bertz CT molecular complexity index is 1270. The van der Waals surface area contributed by atoms with Crippen LogP contribution in [0.1, 0.15) is 11.3 Å². The molecule has 7 nitrogen and oxygen atoms in total. The van der Waals surface area contributed by atoms with E-state index in [0.717, 1.165) is 16.2 Å². The molecule has 0 unspecified atom stereocenters. The molecule has 0 saturated carbocycles. The molecule has 9 heteroatoms. The molecule has 2 aromatic heterocycles. The molecule has 1 aliphatic heterocycles. The van der Waals surface area contributed by atoms with Gasteiger partial charge < -0.3 is 9.32 Å². The van der Waals surface area contributed by atoms with E-state index in [-0.39, 0.29) is 23.3 Å². The maximum atomic E-state index is 14.1. The summed E-state index contributed by atoms with van der Waals surface area (Å²) in [4.78, 5) is 15.7. The van der Waals surface area contributed by atoms with Crippen molar-refractivity contribution in [2.75, 3.05) is 12.3 Å². The van der Waals surface area contributed by atoms with Crippen molar-refractivity contribution in [3.63, 3.8) is 0 Å². The molecule has 0 bridgehead atoms. The zero-order chi connectivity index (χ0) is 22.1. The van der Waals surface area contributed by atoms with E-state index in [4.69, 9.17) is 4.42 Å². The highest BCUT2D eigenvalue weighted by Crippen LogP contribution is 2.31. The second-order valence-corrected chi connectivity index (χ2v) is 8.51. The van der Waals surface area contributed by atoms with Crippen molar-refractivity contribution in [2.24, 2.45) is 7.05 Å². The maximum absolute atomic E-state index is 14.1. The summed E-state index contributed by atoms with van der Waals surface area (Å²) in [5.41, 5.74) is 2.70. The van der Waals surface area contributed by atoms with Crippen LogP contribution in [-0.2, 0) is 24.8 Å². The summed E-state index contributed by atoms with van der Waals surface area (Å²) < 4.78 is 21.7. The summed E-state index contributed by atoms with van der Waals surface area (Å²) in [7, 11) is 1.86. The largest absolute Gasteiger partial charge is 0.414 e. The zero-order valence-corrected chi connectivity index (χ0v) is 18.2. The van der Waals surface area contributed by atoms with E-state index in [2.05, 4.69) is 15.3 Å². The van der Waals surface area contributed by atoms with Crippen molar-refractivity contribution in [1.29, 1.82) is 0 Å². The van der Waals surface area contributed by atoms with E-state index in [1.54, 1.807) is 22.9 Å². The van der Waals surface area contributed by atoms with E-state index in [0.29, 0.717) is 31.0 Å². The standard InChI is InChI=1S/C23H20FN5O2S/c1-28-19-11-12-29(20(30)14-32-15-7-3-2-4-8-15)13-17(19)21(27-28)23-26-25-22(31-23)16-9-5-6-10-18(16)24/h2-10H,11-14H2,1H3. The minimum Gasteiger partial charge on any atom is -0.414 e. The minimum atomic E-state index is -0.432. The van der Waals surface area contributed by atoms with Crippen LogP contribution < -0.4 is 0 Å². The van der Waals surface area contributed by atoms with Gasteiger partial charge in [-0.05, 0) is 24.3 Å². The van der Waals surface area contributed by atoms with E-state index in [1.165, 1.54) is 17.8 Å². The first-order valence-electron chi connectivity index (χ1n) is 10.2. The Balaban J connectivity index is 1.37. The van der Waals surface area contributed by atoms with Gasteiger partial charge in [0.05, 0.1) is 11.3 Å². The molecule has 0 fully saturated rings. The highest BCUT2D eigenvalue weighted by molar-refractivity contribution is 8.00. The lowest BCUT2D eigenvalue weighted by atomic mass is 10.1. The Kier molecular flexibility index (Phi) is 5.48. The molecule has 0 spiro atoms. The highest BCUT2D eigenvalue weighted by Gasteiger charge is 2.29. The molecule has 0 atom stereocenters. The van der Waals surface area contributed by atoms with Gasteiger partial charge in [-0.25, -0.2) is 4.39 Å². The van der Waals surface area contributed by atoms with Crippen molar-refractivity contribution in [2.45, 2.75) is 17.9 Å². The molecular weight excluding hydrogens is 429 g/mol. The summed E-state index contributed by atoms with van der Waals surface area (Å²) >= 11 is 1.52. The van der Waals surface area contributed by atoms with Crippen LogP contribution in [0.25, 0.3) is 23.0 Å². The Morgan fingerprint density at radius 1 is 1.09 bits per heavy atom. The number of amides is 1. The third kappa shape index (κ3) is 3.91. The van der Waals surface area contributed by atoms with Gasteiger partial charge in [0, 0.05) is 42.7 Å². The first-order valence-corrected chi connectivity index (χ1v) is 11.2. The molecule has 32 heavy (non-hydrogen) atoms. The summed E-state index contributed by atoms with van der Waals surface area (Å²) in [5, 5.41) is 12.7. The van der Waals surface area contributed by atoms with E-state index >= 15 is 0 Å². The van der Waals surface area contributed by atoms with Gasteiger partial charge >= 0.3 is 0 Å². The molecule has 0 saturated heterocycles. The van der Waals surface area contributed by atoms with Crippen LogP contribution in [0.2, 0.25) is 0 Å². The first-order chi connectivity index (χ1) is 15.6. The molecule has 0 radical (unpaired) electrons. The van der Waals surface area contributed by atoms with Crippen LogP contribution in [0.5, 0.6) is 0 Å². The second kappa shape index (κ2) is 8.58. The lowest BCUT2D eigenvalue weighted by molar-refractivity contribution is -0.129. The Morgan fingerprint density at radius 2 is 1.84 bits per heavy atom. The van der Waals surface area contributed by atoms with Crippen LogP contribution in [0.4, 0.5) is 4.39 Å². The fourth-order valence-electron chi connectivity index (χ4n) is 3.79. The molecule has 0 aliphatic carbocycles. The smallest absolute Gasteiger partial charge is 0.268 e. The average Bonchev–Trinajstić information content (AvgIpc) is 3.43. The number of carbonyl (C=O) groups excluding carboxylic acids is 1. The number of rotatable bonds is 5. The van der Waals surface area contributed by atoms with Crippen molar-refractivity contribution in [3.8, 4) is 23.0 Å². The number of benzene rings is 2. The van der Waals surface area contributed by atoms with Gasteiger partial charge in [0.1, 0.15) is 5.82 Å². The van der Waals surface area contributed by atoms with E-state index in [9.17, 15) is 9.18 Å². The normalized spacial score (nSPS) is 13.2. The van der Waals surface area contributed by atoms with Crippen LogP contribution in [0, 0.1) is 5.82 Å². The van der Waals surface area contributed by atoms with Gasteiger partial charge in [-0.15, -0.1) is 22.0 Å². The zero-order valence-electron chi connectivity index (χ0n) is 17.4. The Hall–Kier alpha value is -3.46. The molecule has 3 heterocycles. The molecule has 2 aromatic carbocycles. The summed E-state index contributed by atoms with van der Waals surface area (Å²) in [5.74, 6) is 0.316. The number of hydrogen-bond donors (Lipinski definition) is 0.